The van der Waals surface area contributed by atoms with Gasteiger partial charge in [0.05, 0.1) is 5.69 Å². The highest BCUT2D eigenvalue weighted by molar-refractivity contribution is 5.94. The molecule has 2 fully saturated rings. The van der Waals surface area contributed by atoms with E-state index in [1.165, 1.54) is 61.7 Å². The molecule has 0 aliphatic carbocycles. The molecule has 126 valence electrons. The lowest BCUT2D eigenvalue weighted by atomic mass is 9.69. The van der Waals surface area contributed by atoms with Crippen molar-refractivity contribution in [2.45, 2.75) is 31.1 Å². The van der Waals surface area contributed by atoms with E-state index in [-0.39, 0.29) is 0 Å². The molecule has 0 saturated carbocycles. The third kappa shape index (κ3) is 2.54. The Morgan fingerprint density at radius 1 is 0.880 bits per heavy atom. The average molecular weight is 329 g/mol. The van der Waals surface area contributed by atoms with Gasteiger partial charge in [0.15, 0.2) is 0 Å². The summed E-state index contributed by atoms with van der Waals surface area (Å²) in [6, 6.07) is 12.9. The monoisotopic (exact) mass is 329 g/mol. The molecule has 0 atom stereocenters. The number of pyridine rings is 2. The Balaban J connectivity index is 1.53. The molecule has 2 bridgehead atoms. The second-order valence-electron chi connectivity index (χ2n) is 7.60. The molecule has 0 spiro atoms. The summed E-state index contributed by atoms with van der Waals surface area (Å²) in [6.07, 6.45) is 11.2. The van der Waals surface area contributed by atoms with Gasteiger partial charge in [0.2, 0.25) is 0 Å². The van der Waals surface area contributed by atoms with E-state index in [0.717, 1.165) is 11.3 Å². The van der Waals surface area contributed by atoms with Gasteiger partial charge in [0, 0.05) is 41.5 Å². The molecule has 3 aromatic rings. The molecule has 3 heteroatoms. The minimum atomic E-state index is 0.332. The number of benzene rings is 1. The van der Waals surface area contributed by atoms with Crippen LogP contribution in [-0.4, -0.2) is 34.5 Å². The maximum absolute atomic E-state index is 4.86. The number of aromatic nitrogens is 2. The SMILES string of the molecule is c1ccc2c(-c3ccc(C45CCCN(CCC4)C5)cn3)cncc2c1. The van der Waals surface area contributed by atoms with Gasteiger partial charge >= 0.3 is 0 Å². The zero-order valence-corrected chi connectivity index (χ0v) is 14.5. The number of fused-ring (bicyclic) bond motifs is 3. The van der Waals surface area contributed by atoms with Crippen LogP contribution in [0.4, 0.5) is 0 Å². The van der Waals surface area contributed by atoms with Crippen molar-refractivity contribution in [1.82, 2.24) is 14.9 Å². The molecule has 2 saturated heterocycles. The molecule has 25 heavy (non-hydrogen) atoms. The first-order valence-corrected chi connectivity index (χ1v) is 9.36. The van der Waals surface area contributed by atoms with Gasteiger partial charge in [-0.25, -0.2) is 0 Å². The van der Waals surface area contributed by atoms with E-state index in [0.29, 0.717) is 5.41 Å². The van der Waals surface area contributed by atoms with E-state index in [4.69, 9.17) is 4.98 Å². The highest BCUT2D eigenvalue weighted by Crippen LogP contribution is 2.41. The number of piperidine rings is 2. The minimum Gasteiger partial charge on any atom is -0.302 e. The summed E-state index contributed by atoms with van der Waals surface area (Å²) in [4.78, 5) is 11.9. The Kier molecular flexibility index (Phi) is 3.56. The largest absolute Gasteiger partial charge is 0.302 e. The summed E-state index contributed by atoms with van der Waals surface area (Å²) < 4.78 is 0. The number of rotatable bonds is 2. The van der Waals surface area contributed by atoms with Crippen LogP contribution in [0.25, 0.3) is 22.0 Å². The third-order valence-corrected chi connectivity index (χ3v) is 6.11. The van der Waals surface area contributed by atoms with Crippen LogP contribution in [0, 0.1) is 0 Å². The van der Waals surface area contributed by atoms with Crippen molar-refractivity contribution >= 4 is 10.8 Å². The molecule has 2 aromatic heterocycles. The Hall–Kier alpha value is -2.26. The van der Waals surface area contributed by atoms with Crippen molar-refractivity contribution < 1.29 is 0 Å². The normalized spacial score (nSPS) is 25.8. The molecule has 4 heterocycles. The van der Waals surface area contributed by atoms with E-state index in [1.54, 1.807) is 0 Å². The van der Waals surface area contributed by atoms with Crippen LogP contribution in [0.2, 0.25) is 0 Å². The molecule has 0 radical (unpaired) electrons. The Morgan fingerprint density at radius 3 is 2.52 bits per heavy atom. The van der Waals surface area contributed by atoms with Gasteiger partial charge in [-0.05, 0) is 55.8 Å². The van der Waals surface area contributed by atoms with Gasteiger partial charge in [0.25, 0.3) is 0 Å². The quantitative estimate of drug-likeness (QED) is 0.697. The lowest BCUT2D eigenvalue weighted by Crippen LogP contribution is -2.50. The second kappa shape index (κ2) is 5.92. The molecule has 2 aliphatic heterocycles. The summed E-state index contributed by atoms with van der Waals surface area (Å²) in [6.45, 7) is 3.76. The Morgan fingerprint density at radius 2 is 1.72 bits per heavy atom. The molecule has 1 aromatic carbocycles. The van der Waals surface area contributed by atoms with Gasteiger partial charge in [-0.2, -0.15) is 0 Å². The lowest BCUT2D eigenvalue weighted by Gasteiger charge is -2.47. The second-order valence-corrected chi connectivity index (χ2v) is 7.60. The summed E-state index contributed by atoms with van der Waals surface area (Å²) in [5, 5.41) is 2.39. The van der Waals surface area contributed by atoms with Crippen LogP contribution in [0.3, 0.4) is 0 Å². The first-order valence-electron chi connectivity index (χ1n) is 9.36. The molecule has 5 rings (SSSR count). The predicted octanol–water partition coefficient (Wildman–Crippen LogP) is 4.42. The fraction of sp³-hybridized carbons (Fsp3) is 0.364. The molecule has 2 aliphatic rings. The van der Waals surface area contributed by atoms with Crippen molar-refractivity contribution in [3.63, 3.8) is 0 Å². The summed E-state index contributed by atoms with van der Waals surface area (Å²) in [5.74, 6) is 0. The van der Waals surface area contributed by atoms with Crippen molar-refractivity contribution in [1.29, 1.82) is 0 Å². The highest BCUT2D eigenvalue weighted by Gasteiger charge is 2.39. The number of nitrogens with zero attached hydrogens (tertiary/aromatic N) is 3. The standard InChI is InChI=1S/C22H23N3/c1-2-6-19-17(5-1)13-23-15-20(19)21-8-7-18(14-24-21)22-9-3-11-25(16-22)12-4-10-22/h1-2,5-8,13-15H,3-4,9-12,16H2. The van der Waals surface area contributed by atoms with Gasteiger partial charge in [-0.15, -0.1) is 0 Å². The Bertz CT molecular complexity index is 885. The van der Waals surface area contributed by atoms with Crippen LogP contribution >= 0.6 is 0 Å². The van der Waals surface area contributed by atoms with Crippen LogP contribution in [0.15, 0.2) is 55.0 Å². The number of hydrogen-bond donors (Lipinski definition) is 0. The van der Waals surface area contributed by atoms with Gasteiger partial charge in [-0.3, -0.25) is 9.97 Å². The first-order chi connectivity index (χ1) is 12.3. The van der Waals surface area contributed by atoms with Gasteiger partial charge < -0.3 is 4.90 Å². The van der Waals surface area contributed by atoms with Crippen LogP contribution in [0.1, 0.15) is 31.2 Å². The van der Waals surface area contributed by atoms with Crippen LogP contribution in [0.5, 0.6) is 0 Å². The number of hydrogen-bond acceptors (Lipinski definition) is 3. The van der Waals surface area contributed by atoms with Crippen molar-refractivity contribution in [2.24, 2.45) is 0 Å². The van der Waals surface area contributed by atoms with Crippen molar-refractivity contribution in [3.8, 4) is 11.3 Å². The highest BCUT2D eigenvalue weighted by atomic mass is 15.1. The maximum atomic E-state index is 4.86. The van der Waals surface area contributed by atoms with E-state index < -0.39 is 0 Å². The molecule has 0 N–H and O–H groups in total. The van der Waals surface area contributed by atoms with Gasteiger partial charge in [0.1, 0.15) is 0 Å². The van der Waals surface area contributed by atoms with E-state index in [1.807, 2.05) is 12.4 Å². The zero-order chi connectivity index (χ0) is 16.7. The molecule has 0 amide bonds. The Labute approximate surface area is 148 Å². The minimum absolute atomic E-state index is 0.332. The predicted molar refractivity (Wildman–Crippen MR) is 102 cm³/mol. The summed E-state index contributed by atoms with van der Waals surface area (Å²) in [7, 11) is 0. The van der Waals surface area contributed by atoms with E-state index >= 15 is 0 Å². The fourth-order valence-electron chi connectivity index (χ4n) is 4.83. The van der Waals surface area contributed by atoms with Crippen molar-refractivity contribution in [3.05, 3.63) is 60.6 Å². The first kappa shape index (κ1) is 15.0. The molecule has 0 unspecified atom stereocenters. The van der Waals surface area contributed by atoms with Gasteiger partial charge in [-0.1, -0.05) is 30.3 Å². The maximum Gasteiger partial charge on any atom is 0.0723 e. The smallest absolute Gasteiger partial charge is 0.0723 e. The molecular weight excluding hydrogens is 306 g/mol. The summed E-state index contributed by atoms with van der Waals surface area (Å²) in [5.41, 5.74) is 3.90. The van der Waals surface area contributed by atoms with E-state index in [2.05, 4.69) is 52.5 Å². The topological polar surface area (TPSA) is 29.0 Å². The van der Waals surface area contributed by atoms with Crippen LogP contribution in [-0.2, 0) is 5.41 Å². The van der Waals surface area contributed by atoms with E-state index in [9.17, 15) is 0 Å². The molecular formula is C22H23N3. The lowest BCUT2D eigenvalue weighted by molar-refractivity contribution is 0.0941. The average Bonchev–Trinajstić information content (AvgIpc) is 2.68. The fourth-order valence-corrected chi connectivity index (χ4v) is 4.83. The van der Waals surface area contributed by atoms with Crippen molar-refractivity contribution in [2.75, 3.05) is 19.6 Å². The van der Waals surface area contributed by atoms with Crippen LogP contribution < -0.4 is 0 Å². The third-order valence-electron chi connectivity index (χ3n) is 6.11. The molecule has 3 nitrogen and oxygen atoms in total. The summed E-state index contributed by atoms with van der Waals surface area (Å²) >= 11 is 0. The zero-order valence-electron chi connectivity index (χ0n) is 14.5.